The third-order valence-electron chi connectivity index (χ3n) is 1.25. The molecule has 1 N–H and O–H groups in total. The molecule has 0 aliphatic carbocycles. The minimum atomic E-state index is -0.587. The normalized spacial score (nSPS) is 9.50. The van der Waals surface area contributed by atoms with Crippen LogP contribution in [0.1, 0.15) is 10.4 Å². The summed E-state index contributed by atoms with van der Waals surface area (Å²) >= 11 is 3.06. The Morgan fingerprint density at radius 1 is 1.75 bits per heavy atom. The Kier molecular flexibility index (Phi) is 2.65. The van der Waals surface area contributed by atoms with Crippen LogP contribution < -0.4 is 0 Å². The first-order valence-electron chi connectivity index (χ1n) is 3.08. The van der Waals surface area contributed by atoms with Crippen molar-refractivity contribution >= 4 is 21.9 Å². The number of methoxy groups -OCH3 is 1. The Labute approximate surface area is 77.3 Å². The number of esters is 1. The second kappa shape index (κ2) is 3.53. The molecule has 64 valence electrons. The predicted octanol–water partition coefficient (Wildman–Crippen LogP) is 1.34. The van der Waals surface area contributed by atoms with Crippen molar-refractivity contribution in [3.63, 3.8) is 0 Å². The summed E-state index contributed by atoms with van der Waals surface area (Å²) in [5, 5.41) is 9.15. The van der Waals surface area contributed by atoms with Crippen molar-refractivity contribution in [1.82, 2.24) is 4.98 Å². The second-order valence-corrected chi connectivity index (χ2v) is 2.83. The van der Waals surface area contributed by atoms with Gasteiger partial charge in [-0.15, -0.1) is 0 Å². The van der Waals surface area contributed by atoms with E-state index in [0.717, 1.165) is 0 Å². The Balaban J connectivity index is 3.13. The standard InChI is InChI=1S/C7H6BrNO3/c1-12-7(11)4-2-6(8)9-3-5(4)10/h2-3,10H,1H3. The van der Waals surface area contributed by atoms with Crippen molar-refractivity contribution < 1.29 is 14.6 Å². The summed E-state index contributed by atoms with van der Waals surface area (Å²) < 4.78 is 4.90. The van der Waals surface area contributed by atoms with E-state index in [4.69, 9.17) is 5.11 Å². The predicted molar refractivity (Wildman–Crippen MR) is 44.9 cm³/mol. The van der Waals surface area contributed by atoms with E-state index in [1.54, 1.807) is 0 Å². The highest BCUT2D eigenvalue weighted by molar-refractivity contribution is 9.10. The van der Waals surface area contributed by atoms with E-state index in [0.29, 0.717) is 4.60 Å². The van der Waals surface area contributed by atoms with Gasteiger partial charge in [0.1, 0.15) is 15.9 Å². The number of hydrogen-bond donors (Lipinski definition) is 1. The molecular weight excluding hydrogens is 226 g/mol. The van der Waals surface area contributed by atoms with E-state index < -0.39 is 5.97 Å². The van der Waals surface area contributed by atoms with E-state index in [2.05, 4.69) is 25.7 Å². The average Bonchev–Trinajstić information content (AvgIpc) is 2.08. The van der Waals surface area contributed by atoms with Gasteiger partial charge in [-0.1, -0.05) is 0 Å². The molecule has 1 aromatic rings. The van der Waals surface area contributed by atoms with Gasteiger partial charge in [-0.3, -0.25) is 0 Å². The molecule has 1 heterocycles. The first-order valence-corrected chi connectivity index (χ1v) is 3.87. The van der Waals surface area contributed by atoms with Gasteiger partial charge in [0.2, 0.25) is 0 Å². The Morgan fingerprint density at radius 2 is 2.42 bits per heavy atom. The van der Waals surface area contributed by atoms with Gasteiger partial charge in [-0.2, -0.15) is 0 Å². The number of nitrogens with zero attached hydrogens (tertiary/aromatic N) is 1. The highest BCUT2D eigenvalue weighted by Crippen LogP contribution is 2.19. The zero-order chi connectivity index (χ0) is 9.14. The largest absolute Gasteiger partial charge is 0.505 e. The van der Waals surface area contributed by atoms with Crippen molar-refractivity contribution in [2.24, 2.45) is 0 Å². The SMILES string of the molecule is COC(=O)c1cc(Br)ncc1O. The summed E-state index contributed by atoms with van der Waals surface area (Å²) in [6.45, 7) is 0. The Morgan fingerprint density at radius 3 is 3.00 bits per heavy atom. The minimum Gasteiger partial charge on any atom is -0.505 e. The smallest absolute Gasteiger partial charge is 0.341 e. The molecule has 0 spiro atoms. The van der Waals surface area contributed by atoms with Crippen LogP contribution in [0.15, 0.2) is 16.9 Å². The number of aromatic nitrogens is 1. The maximum atomic E-state index is 11.0. The third kappa shape index (κ3) is 1.73. The van der Waals surface area contributed by atoms with Crippen LogP contribution in [0.5, 0.6) is 5.75 Å². The van der Waals surface area contributed by atoms with Gasteiger partial charge < -0.3 is 9.84 Å². The fraction of sp³-hybridized carbons (Fsp3) is 0.143. The van der Waals surface area contributed by atoms with E-state index >= 15 is 0 Å². The zero-order valence-electron chi connectivity index (χ0n) is 6.24. The fourth-order valence-electron chi connectivity index (χ4n) is 0.696. The molecule has 5 heteroatoms. The average molecular weight is 232 g/mol. The summed E-state index contributed by atoms with van der Waals surface area (Å²) in [6.07, 6.45) is 1.18. The number of pyridine rings is 1. The van der Waals surface area contributed by atoms with Crippen LogP contribution in [0.3, 0.4) is 0 Å². The van der Waals surface area contributed by atoms with Gasteiger partial charge in [0.25, 0.3) is 0 Å². The van der Waals surface area contributed by atoms with Crippen LogP contribution in [0.2, 0.25) is 0 Å². The maximum Gasteiger partial charge on any atom is 0.341 e. The Hall–Kier alpha value is -1.10. The molecule has 1 aromatic heterocycles. The number of ether oxygens (including phenoxy) is 1. The first-order chi connectivity index (χ1) is 5.65. The van der Waals surface area contributed by atoms with Crippen LogP contribution >= 0.6 is 15.9 Å². The molecule has 0 fully saturated rings. The van der Waals surface area contributed by atoms with Gasteiger partial charge in [-0.25, -0.2) is 9.78 Å². The van der Waals surface area contributed by atoms with Gasteiger partial charge in [0.05, 0.1) is 13.3 Å². The molecule has 0 aliphatic rings. The first kappa shape index (κ1) is 8.99. The highest BCUT2D eigenvalue weighted by Gasteiger charge is 2.11. The molecule has 1 rings (SSSR count). The van der Waals surface area contributed by atoms with Crippen molar-refractivity contribution in [2.75, 3.05) is 7.11 Å². The lowest BCUT2D eigenvalue weighted by Gasteiger charge is -2.01. The van der Waals surface area contributed by atoms with Crippen LogP contribution in [0.25, 0.3) is 0 Å². The molecule has 0 radical (unpaired) electrons. The summed E-state index contributed by atoms with van der Waals surface area (Å²) in [6, 6.07) is 1.39. The van der Waals surface area contributed by atoms with Crippen molar-refractivity contribution in [1.29, 1.82) is 0 Å². The van der Waals surface area contributed by atoms with Crippen LogP contribution in [-0.4, -0.2) is 23.2 Å². The second-order valence-electron chi connectivity index (χ2n) is 2.02. The topological polar surface area (TPSA) is 59.4 Å². The van der Waals surface area contributed by atoms with E-state index in [1.165, 1.54) is 19.4 Å². The molecule has 0 unspecified atom stereocenters. The number of rotatable bonds is 1. The molecule has 0 bridgehead atoms. The number of hydrogen-bond acceptors (Lipinski definition) is 4. The summed E-state index contributed by atoms with van der Waals surface area (Å²) in [7, 11) is 1.25. The monoisotopic (exact) mass is 231 g/mol. The van der Waals surface area contributed by atoms with Gasteiger partial charge in [0.15, 0.2) is 0 Å². The van der Waals surface area contributed by atoms with Gasteiger partial charge >= 0.3 is 5.97 Å². The highest BCUT2D eigenvalue weighted by atomic mass is 79.9. The van der Waals surface area contributed by atoms with E-state index in [1.807, 2.05) is 0 Å². The van der Waals surface area contributed by atoms with Crippen molar-refractivity contribution in [3.8, 4) is 5.75 Å². The maximum absolute atomic E-state index is 11.0. The summed E-state index contributed by atoms with van der Waals surface area (Å²) in [4.78, 5) is 14.7. The molecule has 0 atom stereocenters. The lowest BCUT2D eigenvalue weighted by molar-refractivity contribution is 0.0597. The molecule has 0 saturated carbocycles. The fourth-order valence-corrected chi connectivity index (χ4v) is 1.03. The third-order valence-corrected chi connectivity index (χ3v) is 1.69. The number of aromatic hydroxyl groups is 1. The van der Waals surface area contributed by atoms with Crippen molar-refractivity contribution in [3.05, 3.63) is 22.4 Å². The van der Waals surface area contributed by atoms with Crippen LogP contribution in [0.4, 0.5) is 0 Å². The minimum absolute atomic E-state index is 0.0966. The lowest BCUT2D eigenvalue weighted by atomic mass is 10.2. The summed E-state index contributed by atoms with van der Waals surface area (Å²) in [5.41, 5.74) is 0.0966. The van der Waals surface area contributed by atoms with E-state index in [9.17, 15) is 4.79 Å². The molecular formula is C7H6BrNO3. The lowest BCUT2D eigenvalue weighted by Crippen LogP contribution is -2.01. The zero-order valence-corrected chi connectivity index (χ0v) is 7.83. The van der Waals surface area contributed by atoms with Crippen molar-refractivity contribution in [2.45, 2.75) is 0 Å². The van der Waals surface area contributed by atoms with Crippen LogP contribution in [0, 0.1) is 0 Å². The molecule has 0 amide bonds. The number of carbonyl (C=O) groups excluding carboxylic acids is 1. The van der Waals surface area contributed by atoms with Gasteiger partial charge in [0, 0.05) is 0 Å². The van der Waals surface area contributed by atoms with Gasteiger partial charge in [-0.05, 0) is 22.0 Å². The Bertz CT molecular complexity index is 314. The molecule has 0 saturated heterocycles. The molecule has 0 aliphatic heterocycles. The quantitative estimate of drug-likeness (QED) is 0.586. The molecule has 4 nitrogen and oxygen atoms in total. The summed E-state index contributed by atoms with van der Waals surface area (Å²) in [5.74, 6) is -0.777. The van der Waals surface area contributed by atoms with E-state index in [-0.39, 0.29) is 11.3 Å². The molecule has 12 heavy (non-hydrogen) atoms. The number of carbonyl (C=O) groups is 1. The van der Waals surface area contributed by atoms with Crippen LogP contribution in [-0.2, 0) is 4.74 Å². The number of halogens is 1. The molecule has 0 aromatic carbocycles.